The van der Waals surface area contributed by atoms with Gasteiger partial charge in [-0.2, -0.15) is 0 Å². The van der Waals surface area contributed by atoms with Gasteiger partial charge in [0.05, 0.1) is 7.11 Å². The maximum Gasteiger partial charge on any atom is 0.254 e. The molecule has 1 amide bonds. The molecule has 0 radical (unpaired) electrons. The largest absolute Gasteiger partial charge is 0.497 e. The van der Waals surface area contributed by atoms with Crippen molar-refractivity contribution < 1.29 is 14.3 Å². The predicted molar refractivity (Wildman–Crippen MR) is 109 cm³/mol. The maximum absolute atomic E-state index is 12.9. The van der Waals surface area contributed by atoms with Crippen LogP contribution in [0.5, 0.6) is 11.5 Å². The normalized spacial score (nSPS) is 13.1. The van der Waals surface area contributed by atoms with Crippen LogP contribution in [0.1, 0.15) is 32.2 Å². The van der Waals surface area contributed by atoms with Crippen LogP contribution in [0, 0.1) is 6.92 Å². The van der Waals surface area contributed by atoms with Crippen LogP contribution < -0.4 is 9.47 Å². The number of benzene rings is 2. The van der Waals surface area contributed by atoms with Gasteiger partial charge in [-0.15, -0.1) is 11.3 Å². The van der Waals surface area contributed by atoms with E-state index in [1.807, 2.05) is 53.6 Å². The predicted octanol–water partition coefficient (Wildman–Crippen LogP) is 4.24. The molecule has 2 heterocycles. The number of aryl methyl sites for hydroxylation is 1. The molecule has 0 N–H and O–H groups in total. The van der Waals surface area contributed by atoms with E-state index >= 15 is 0 Å². The monoisotopic (exact) mass is 394 g/mol. The summed E-state index contributed by atoms with van der Waals surface area (Å²) in [6.45, 7) is 3.74. The number of fused-ring (bicyclic) bond motifs is 1. The molecule has 3 aromatic rings. The Hall–Kier alpha value is -2.86. The summed E-state index contributed by atoms with van der Waals surface area (Å²) in [6.07, 6.45) is 0.840. The van der Waals surface area contributed by atoms with Crippen molar-refractivity contribution >= 4 is 17.2 Å². The van der Waals surface area contributed by atoms with Crippen molar-refractivity contribution in [1.29, 1.82) is 0 Å². The van der Waals surface area contributed by atoms with Gasteiger partial charge in [0.2, 0.25) is 0 Å². The molecule has 1 aliphatic heterocycles. The lowest BCUT2D eigenvalue weighted by Crippen LogP contribution is -2.35. The second kappa shape index (κ2) is 8.02. The first-order chi connectivity index (χ1) is 13.6. The van der Waals surface area contributed by atoms with E-state index in [2.05, 4.69) is 11.1 Å². The van der Waals surface area contributed by atoms with Crippen LogP contribution in [0.15, 0.2) is 47.8 Å². The first-order valence-corrected chi connectivity index (χ1v) is 10.1. The van der Waals surface area contributed by atoms with Gasteiger partial charge in [-0.3, -0.25) is 4.79 Å². The van der Waals surface area contributed by atoms with Crippen LogP contribution in [0.25, 0.3) is 0 Å². The highest BCUT2D eigenvalue weighted by Crippen LogP contribution is 2.25. The zero-order valence-corrected chi connectivity index (χ0v) is 16.8. The van der Waals surface area contributed by atoms with Gasteiger partial charge >= 0.3 is 0 Å². The van der Waals surface area contributed by atoms with Crippen molar-refractivity contribution in [1.82, 2.24) is 9.88 Å². The van der Waals surface area contributed by atoms with Gasteiger partial charge in [0.25, 0.3) is 5.91 Å². The van der Waals surface area contributed by atoms with Gasteiger partial charge in [-0.25, -0.2) is 4.98 Å². The fourth-order valence-electron chi connectivity index (χ4n) is 3.32. The Balaban J connectivity index is 1.39. The van der Waals surface area contributed by atoms with Crippen molar-refractivity contribution in [2.45, 2.75) is 26.5 Å². The molecule has 0 saturated heterocycles. The zero-order chi connectivity index (χ0) is 19.5. The third kappa shape index (κ3) is 4.02. The smallest absolute Gasteiger partial charge is 0.254 e. The van der Waals surface area contributed by atoms with E-state index in [9.17, 15) is 4.79 Å². The fraction of sp³-hybridized carbons (Fsp3) is 0.273. The van der Waals surface area contributed by atoms with Crippen LogP contribution in [0.4, 0.5) is 0 Å². The van der Waals surface area contributed by atoms with Gasteiger partial charge in [0.15, 0.2) is 0 Å². The highest BCUT2D eigenvalue weighted by molar-refractivity contribution is 7.09. The fourth-order valence-corrected chi connectivity index (χ4v) is 4.00. The number of thiazole rings is 1. The number of carbonyl (C=O) groups is 1. The Morgan fingerprint density at radius 2 is 1.93 bits per heavy atom. The summed E-state index contributed by atoms with van der Waals surface area (Å²) in [5.41, 5.74) is 4.11. The number of amides is 1. The number of hydrogen-bond acceptors (Lipinski definition) is 5. The summed E-state index contributed by atoms with van der Waals surface area (Å²) in [4.78, 5) is 19.2. The third-order valence-corrected chi connectivity index (χ3v) is 5.78. The zero-order valence-electron chi connectivity index (χ0n) is 16.0. The van der Waals surface area contributed by atoms with E-state index in [4.69, 9.17) is 9.47 Å². The number of nitrogens with zero attached hydrogens (tertiary/aromatic N) is 2. The lowest BCUT2D eigenvalue weighted by atomic mass is 9.99. The van der Waals surface area contributed by atoms with E-state index in [-0.39, 0.29) is 5.91 Å². The Kier molecular flexibility index (Phi) is 5.30. The first kappa shape index (κ1) is 18.5. The molecule has 0 bridgehead atoms. The minimum absolute atomic E-state index is 0.0450. The second-order valence-electron chi connectivity index (χ2n) is 6.81. The summed E-state index contributed by atoms with van der Waals surface area (Å²) in [5.74, 6) is 1.64. The van der Waals surface area contributed by atoms with Crippen molar-refractivity contribution in [3.05, 3.63) is 75.2 Å². The molecule has 0 unspecified atom stereocenters. The molecule has 0 spiro atoms. The molecule has 6 heteroatoms. The number of hydrogen-bond donors (Lipinski definition) is 0. The molecule has 4 rings (SSSR count). The lowest BCUT2D eigenvalue weighted by molar-refractivity contribution is 0.0734. The van der Waals surface area contributed by atoms with Gasteiger partial charge < -0.3 is 14.4 Å². The van der Waals surface area contributed by atoms with Gasteiger partial charge in [-0.1, -0.05) is 6.07 Å². The Morgan fingerprint density at radius 1 is 1.14 bits per heavy atom. The van der Waals surface area contributed by atoms with Gasteiger partial charge in [-0.05, 0) is 60.9 Å². The number of methoxy groups -OCH3 is 1. The molecule has 0 aliphatic carbocycles. The molecule has 0 atom stereocenters. The molecule has 144 valence electrons. The Morgan fingerprint density at radius 3 is 2.64 bits per heavy atom. The van der Waals surface area contributed by atoms with Crippen LogP contribution in [-0.2, 0) is 19.6 Å². The average Bonchev–Trinajstić information content (AvgIpc) is 3.16. The van der Waals surface area contributed by atoms with Crippen molar-refractivity contribution in [3.8, 4) is 11.5 Å². The molecule has 1 aliphatic rings. The summed E-state index contributed by atoms with van der Waals surface area (Å²) in [5, 5.41) is 2.95. The van der Waals surface area contributed by atoms with E-state index in [0.717, 1.165) is 28.6 Å². The van der Waals surface area contributed by atoms with E-state index in [1.165, 1.54) is 11.1 Å². The molecule has 0 saturated carbocycles. The molecule has 2 aromatic carbocycles. The first-order valence-electron chi connectivity index (χ1n) is 9.21. The van der Waals surface area contributed by atoms with E-state index in [1.54, 1.807) is 18.4 Å². The van der Waals surface area contributed by atoms with Crippen molar-refractivity contribution in [2.24, 2.45) is 0 Å². The summed E-state index contributed by atoms with van der Waals surface area (Å²) in [7, 11) is 1.67. The molecular formula is C22H22N2O3S. The molecule has 28 heavy (non-hydrogen) atoms. The number of aromatic nitrogens is 1. The van der Waals surface area contributed by atoms with Crippen LogP contribution in [0.3, 0.4) is 0 Å². The van der Waals surface area contributed by atoms with E-state index < -0.39 is 0 Å². The topological polar surface area (TPSA) is 51.7 Å². The SMILES string of the molecule is COc1ccc2c(c1)CCN(C(=O)c1ccc(OCc3nc(C)cs3)cc1)C2. The van der Waals surface area contributed by atoms with Crippen molar-refractivity contribution in [2.75, 3.05) is 13.7 Å². The van der Waals surface area contributed by atoms with Crippen molar-refractivity contribution in [3.63, 3.8) is 0 Å². The highest BCUT2D eigenvalue weighted by Gasteiger charge is 2.22. The van der Waals surface area contributed by atoms with Gasteiger partial charge in [0, 0.05) is 29.7 Å². The Bertz CT molecular complexity index is 982. The minimum atomic E-state index is 0.0450. The van der Waals surface area contributed by atoms with E-state index in [0.29, 0.717) is 25.3 Å². The van der Waals surface area contributed by atoms with Crippen LogP contribution >= 0.6 is 11.3 Å². The molecule has 1 aromatic heterocycles. The highest BCUT2D eigenvalue weighted by atomic mass is 32.1. The standard InChI is InChI=1S/C22H22N2O3S/c1-15-14-28-21(23-15)13-27-19-6-3-16(4-7-19)22(25)24-10-9-17-11-20(26-2)8-5-18(17)12-24/h3-8,11,14H,9-10,12-13H2,1-2H3. The second-order valence-corrected chi connectivity index (χ2v) is 7.75. The molecule has 5 nitrogen and oxygen atoms in total. The summed E-state index contributed by atoms with van der Waals surface area (Å²) >= 11 is 1.59. The van der Waals surface area contributed by atoms with Gasteiger partial charge in [0.1, 0.15) is 23.1 Å². The number of carbonyl (C=O) groups excluding carboxylic acids is 1. The van der Waals surface area contributed by atoms with Crippen LogP contribution in [-0.4, -0.2) is 29.4 Å². The number of ether oxygens (including phenoxy) is 2. The maximum atomic E-state index is 12.9. The third-order valence-electron chi connectivity index (χ3n) is 4.84. The Labute approximate surface area is 168 Å². The summed E-state index contributed by atoms with van der Waals surface area (Å²) < 4.78 is 11.1. The lowest BCUT2D eigenvalue weighted by Gasteiger charge is -2.29. The quantitative estimate of drug-likeness (QED) is 0.650. The summed E-state index contributed by atoms with van der Waals surface area (Å²) in [6, 6.07) is 13.4. The number of rotatable bonds is 5. The molecular weight excluding hydrogens is 372 g/mol. The molecule has 0 fully saturated rings. The minimum Gasteiger partial charge on any atom is -0.497 e. The van der Waals surface area contributed by atoms with Crippen LogP contribution in [0.2, 0.25) is 0 Å². The average molecular weight is 394 g/mol.